The third-order valence-corrected chi connectivity index (χ3v) is 2.53. The third-order valence-electron chi connectivity index (χ3n) is 2.53. The lowest BCUT2D eigenvalue weighted by molar-refractivity contribution is 0.343. The highest BCUT2D eigenvalue weighted by atomic mass is 14.9. The standard InChI is InChI=1S/C9H18N2/c1-10-7-8-5-3-4-6-9(8)11-2/h7-9,11H,3-6H2,1-2H3/b10-7-/t8?,9-/m1/s1. The van der Waals surface area contributed by atoms with Gasteiger partial charge in [-0.15, -0.1) is 0 Å². The molecule has 64 valence electrons. The van der Waals surface area contributed by atoms with E-state index < -0.39 is 0 Å². The van der Waals surface area contributed by atoms with Crippen LogP contribution in [0.3, 0.4) is 0 Å². The molecule has 1 aliphatic rings. The van der Waals surface area contributed by atoms with Gasteiger partial charge in [0.1, 0.15) is 0 Å². The predicted octanol–water partition coefficient (Wildman–Crippen LogP) is 1.47. The van der Waals surface area contributed by atoms with Crippen LogP contribution >= 0.6 is 0 Å². The lowest BCUT2D eigenvalue weighted by atomic mass is 9.85. The molecular weight excluding hydrogens is 136 g/mol. The molecule has 0 aromatic heterocycles. The normalized spacial score (nSPS) is 32.9. The summed E-state index contributed by atoms with van der Waals surface area (Å²) in [6.07, 6.45) is 7.46. The topological polar surface area (TPSA) is 24.4 Å². The minimum absolute atomic E-state index is 0.674. The van der Waals surface area contributed by atoms with Crippen LogP contribution in [0.2, 0.25) is 0 Å². The van der Waals surface area contributed by atoms with E-state index in [0.29, 0.717) is 12.0 Å². The molecule has 1 unspecified atom stereocenters. The Labute approximate surface area is 69.1 Å². The van der Waals surface area contributed by atoms with E-state index in [4.69, 9.17) is 0 Å². The molecule has 0 aliphatic heterocycles. The summed E-state index contributed by atoms with van der Waals surface area (Å²) in [7, 11) is 3.91. The van der Waals surface area contributed by atoms with E-state index in [0.717, 1.165) is 0 Å². The quantitative estimate of drug-likeness (QED) is 0.598. The fourth-order valence-corrected chi connectivity index (χ4v) is 1.89. The number of hydrogen-bond donors (Lipinski definition) is 1. The Bertz CT molecular complexity index is 132. The Hall–Kier alpha value is -0.370. The molecule has 2 atom stereocenters. The molecule has 2 heteroatoms. The Morgan fingerprint density at radius 1 is 1.36 bits per heavy atom. The van der Waals surface area contributed by atoms with E-state index in [1.54, 1.807) is 0 Å². The molecule has 1 fully saturated rings. The van der Waals surface area contributed by atoms with Crippen molar-refractivity contribution in [2.45, 2.75) is 31.7 Å². The number of nitrogens with zero attached hydrogens (tertiary/aromatic N) is 1. The first-order valence-electron chi connectivity index (χ1n) is 4.48. The van der Waals surface area contributed by atoms with E-state index in [2.05, 4.69) is 16.5 Å². The van der Waals surface area contributed by atoms with Crippen molar-refractivity contribution in [1.82, 2.24) is 5.32 Å². The van der Waals surface area contributed by atoms with E-state index in [-0.39, 0.29) is 0 Å². The van der Waals surface area contributed by atoms with Crippen molar-refractivity contribution in [2.75, 3.05) is 14.1 Å². The van der Waals surface area contributed by atoms with Crippen molar-refractivity contribution in [3.63, 3.8) is 0 Å². The zero-order valence-electron chi connectivity index (χ0n) is 7.51. The highest BCUT2D eigenvalue weighted by Gasteiger charge is 2.21. The summed E-state index contributed by atoms with van der Waals surface area (Å²) >= 11 is 0. The smallest absolute Gasteiger partial charge is 0.0273 e. The van der Waals surface area contributed by atoms with Crippen LogP contribution in [0.15, 0.2) is 4.99 Å². The first kappa shape index (κ1) is 8.72. The van der Waals surface area contributed by atoms with Crippen molar-refractivity contribution in [1.29, 1.82) is 0 Å². The number of hydrogen-bond acceptors (Lipinski definition) is 2. The average Bonchev–Trinajstić information content (AvgIpc) is 2.06. The van der Waals surface area contributed by atoms with Crippen LogP contribution in [-0.4, -0.2) is 26.4 Å². The van der Waals surface area contributed by atoms with Gasteiger partial charge in [0.2, 0.25) is 0 Å². The third kappa shape index (κ3) is 2.29. The lowest BCUT2D eigenvalue weighted by Gasteiger charge is -2.28. The van der Waals surface area contributed by atoms with Gasteiger partial charge in [-0.25, -0.2) is 0 Å². The predicted molar refractivity (Wildman–Crippen MR) is 49.2 cm³/mol. The second-order valence-electron chi connectivity index (χ2n) is 3.25. The Kier molecular flexibility index (Phi) is 3.57. The molecule has 0 radical (unpaired) electrons. The zero-order chi connectivity index (χ0) is 8.10. The molecular formula is C9H18N2. The van der Waals surface area contributed by atoms with Crippen LogP contribution in [0.5, 0.6) is 0 Å². The van der Waals surface area contributed by atoms with Crippen LogP contribution in [-0.2, 0) is 0 Å². The van der Waals surface area contributed by atoms with Gasteiger partial charge < -0.3 is 10.3 Å². The monoisotopic (exact) mass is 154 g/mol. The second-order valence-corrected chi connectivity index (χ2v) is 3.25. The van der Waals surface area contributed by atoms with Gasteiger partial charge in [-0.05, 0) is 19.9 Å². The van der Waals surface area contributed by atoms with Gasteiger partial charge in [-0.2, -0.15) is 0 Å². The molecule has 0 bridgehead atoms. The summed E-state index contributed by atoms with van der Waals surface area (Å²) in [5.74, 6) is 0.679. The van der Waals surface area contributed by atoms with Gasteiger partial charge in [0.05, 0.1) is 0 Å². The van der Waals surface area contributed by atoms with Crippen molar-refractivity contribution in [3.05, 3.63) is 0 Å². The van der Waals surface area contributed by atoms with E-state index in [1.807, 2.05) is 14.1 Å². The minimum Gasteiger partial charge on any atom is -0.316 e. The van der Waals surface area contributed by atoms with Crippen molar-refractivity contribution >= 4 is 6.21 Å². The Balaban J connectivity index is 2.44. The van der Waals surface area contributed by atoms with E-state index >= 15 is 0 Å². The number of aliphatic imine (C=N–C) groups is 1. The van der Waals surface area contributed by atoms with Crippen LogP contribution in [0.4, 0.5) is 0 Å². The molecule has 2 nitrogen and oxygen atoms in total. The molecule has 0 spiro atoms. The molecule has 1 N–H and O–H groups in total. The van der Waals surface area contributed by atoms with Crippen molar-refractivity contribution in [2.24, 2.45) is 10.9 Å². The highest BCUT2D eigenvalue weighted by Crippen LogP contribution is 2.22. The van der Waals surface area contributed by atoms with Crippen molar-refractivity contribution in [3.8, 4) is 0 Å². The molecule has 0 amide bonds. The zero-order valence-corrected chi connectivity index (χ0v) is 7.51. The molecule has 0 heterocycles. The van der Waals surface area contributed by atoms with E-state index in [1.165, 1.54) is 25.7 Å². The summed E-state index contributed by atoms with van der Waals surface area (Å²) in [6, 6.07) is 0.674. The van der Waals surface area contributed by atoms with Crippen LogP contribution < -0.4 is 5.32 Å². The molecule has 0 aromatic rings. The molecule has 1 aliphatic carbocycles. The van der Waals surface area contributed by atoms with E-state index in [9.17, 15) is 0 Å². The van der Waals surface area contributed by atoms with Gasteiger partial charge >= 0.3 is 0 Å². The summed E-state index contributed by atoms with van der Waals surface area (Å²) in [6.45, 7) is 0. The van der Waals surface area contributed by atoms with Gasteiger partial charge in [0.25, 0.3) is 0 Å². The molecule has 1 rings (SSSR count). The van der Waals surface area contributed by atoms with Crippen LogP contribution in [0, 0.1) is 5.92 Å². The fourth-order valence-electron chi connectivity index (χ4n) is 1.89. The maximum absolute atomic E-state index is 4.09. The largest absolute Gasteiger partial charge is 0.316 e. The fraction of sp³-hybridized carbons (Fsp3) is 0.889. The van der Waals surface area contributed by atoms with Gasteiger partial charge in [-0.3, -0.25) is 0 Å². The summed E-state index contributed by atoms with van der Waals surface area (Å²) < 4.78 is 0. The first-order chi connectivity index (χ1) is 5.38. The van der Waals surface area contributed by atoms with Gasteiger partial charge in [0.15, 0.2) is 0 Å². The van der Waals surface area contributed by atoms with Crippen molar-refractivity contribution < 1.29 is 0 Å². The molecule has 0 saturated heterocycles. The minimum atomic E-state index is 0.674. The SMILES string of the molecule is C/N=C\C1CCCC[C@H]1NC. The van der Waals surface area contributed by atoms with Crippen LogP contribution in [0.25, 0.3) is 0 Å². The Morgan fingerprint density at radius 3 is 2.73 bits per heavy atom. The summed E-state index contributed by atoms with van der Waals surface area (Å²) in [5.41, 5.74) is 0. The van der Waals surface area contributed by atoms with Crippen LogP contribution in [0.1, 0.15) is 25.7 Å². The maximum Gasteiger partial charge on any atom is 0.0273 e. The summed E-state index contributed by atoms with van der Waals surface area (Å²) in [4.78, 5) is 4.09. The lowest BCUT2D eigenvalue weighted by Crippen LogP contribution is -2.36. The van der Waals surface area contributed by atoms with Gasteiger partial charge in [0, 0.05) is 25.2 Å². The highest BCUT2D eigenvalue weighted by molar-refractivity contribution is 5.61. The first-order valence-corrected chi connectivity index (χ1v) is 4.48. The average molecular weight is 154 g/mol. The molecule has 11 heavy (non-hydrogen) atoms. The maximum atomic E-state index is 4.09. The summed E-state index contributed by atoms with van der Waals surface area (Å²) in [5, 5.41) is 3.35. The van der Waals surface area contributed by atoms with Gasteiger partial charge in [-0.1, -0.05) is 12.8 Å². The molecule has 0 aromatic carbocycles. The Morgan fingerprint density at radius 2 is 2.09 bits per heavy atom. The second kappa shape index (κ2) is 4.50. The number of rotatable bonds is 2. The number of nitrogens with one attached hydrogen (secondary N) is 1. The molecule has 1 saturated carbocycles.